The Balaban J connectivity index is 1.43. The van der Waals surface area contributed by atoms with E-state index in [9.17, 15) is 0 Å². The summed E-state index contributed by atoms with van der Waals surface area (Å²) in [6.07, 6.45) is 8.30. The molecule has 1 aromatic heterocycles. The first-order valence-corrected chi connectivity index (χ1v) is 9.70. The van der Waals surface area contributed by atoms with E-state index >= 15 is 0 Å². The molecule has 4 heteroatoms. The van der Waals surface area contributed by atoms with Gasteiger partial charge < -0.3 is 4.90 Å². The van der Waals surface area contributed by atoms with Crippen LogP contribution >= 0.6 is 27.3 Å². The Kier molecular flexibility index (Phi) is 4.03. The van der Waals surface area contributed by atoms with E-state index in [2.05, 4.69) is 39.0 Å². The van der Waals surface area contributed by atoms with E-state index in [0.29, 0.717) is 5.92 Å². The molecule has 1 aliphatic heterocycles. The Morgan fingerprint density at radius 1 is 1.10 bits per heavy atom. The van der Waals surface area contributed by atoms with Crippen molar-refractivity contribution in [3.05, 3.63) is 27.7 Å². The average Bonchev–Trinajstić information content (AvgIpc) is 2.65. The molecule has 1 aliphatic carbocycles. The lowest BCUT2D eigenvalue weighted by atomic mass is 9.79. The number of benzene rings is 1. The number of likely N-dealkylation sites (tertiary alicyclic amines) is 1. The molecule has 1 saturated heterocycles. The highest BCUT2D eigenvalue weighted by molar-refractivity contribution is 9.10. The molecule has 0 radical (unpaired) electrons. The van der Waals surface area contributed by atoms with E-state index in [-0.39, 0.29) is 0 Å². The van der Waals surface area contributed by atoms with Gasteiger partial charge in [-0.3, -0.25) is 0 Å². The predicted molar refractivity (Wildman–Crippen MR) is 93.1 cm³/mol. The van der Waals surface area contributed by atoms with Crippen LogP contribution in [-0.4, -0.2) is 29.0 Å². The lowest BCUT2D eigenvalue weighted by Crippen LogP contribution is -2.44. The summed E-state index contributed by atoms with van der Waals surface area (Å²) in [4.78, 5) is 7.60. The van der Waals surface area contributed by atoms with Crippen molar-refractivity contribution in [2.24, 2.45) is 0 Å². The summed E-state index contributed by atoms with van der Waals surface area (Å²) >= 11 is 5.44. The van der Waals surface area contributed by atoms with Gasteiger partial charge in [-0.05, 0) is 57.0 Å². The highest BCUT2D eigenvalue weighted by Crippen LogP contribution is 2.43. The minimum Gasteiger partial charge on any atom is -0.300 e. The summed E-state index contributed by atoms with van der Waals surface area (Å²) < 4.78 is 2.47. The van der Waals surface area contributed by atoms with E-state index < -0.39 is 0 Å². The Bertz CT molecular complexity index is 625. The van der Waals surface area contributed by atoms with Crippen LogP contribution in [0.5, 0.6) is 0 Å². The first-order valence-electron chi connectivity index (χ1n) is 8.09. The molecular formula is C17H21BrN2S. The van der Waals surface area contributed by atoms with E-state index in [4.69, 9.17) is 4.98 Å². The van der Waals surface area contributed by atoms with Crippen LogP contribution in [0.4, 0.5) is 0 Å². The van der Waals surface area contributed by atoms with Crippen LogP contribution in [0.2, 0.25) is 0 Å². The van der Waals surface area contributed by atoms with Gasteiger partial charge in [-0.2, -0.15) is 0 Å². The van der Waals surface area contributed by atoms with Gasteiger partial charge in [-0.15, -0.1) is 11.3 Å². The van der Waals surface area contributed by atoms with Crippen molar-refractivity contribution in [3.63, 3.8) is 0 Å². The SMILES string of the molecule is Brc1ccc2nc([C@H]3C[C@H](N4CCCCCC4)C3)sc2c1. The van der Waals surface area contributed by atoms with Gasteiger partial charge in [0.25, 0.3) is 0 Å². The summed E-state index contributed by atoms with van der Waals surface area (Å²) in [6.45, 7) is 2.65. The largest absolute Gasteiger partial charge is 0.300 e. The van der Waals surface area contributed by atoms with Gasteiger partial charge in [0.05, 0.1) is 15.2 Å². The van der Waals surface area contributed by atoms with E-state index in [1.807, 2.05) is 11.3 Å². The zero-order chi connectivity index (χ0) is 14.2. The maximum Gasteiger partial charge on any atom is 0.0970 e. The fourth-order valence-corrected chi connectivity index (χ4v) is 5.28. The molecule has 1 saturated carbocycles. The molecule has 0 bridgehead atoms. The summed E-state index contributed by atoms with van der Waals surface area (Å²) in [6, 6.07) is 7.24. The highest BCUT2D eigenvalue weighted by Gasteiger charge is 2.36. The van der Waals surface area contributed by atoms with Crippen LogP contribution in [-0.2, 0) is 0 Å². The van der Waals surface area contributed by atoms with E-state index in [1.54, 1.807) is 0 Å². The van der Waals surface area contributed by atoms with Crippen molar-refractivity contribution < 1.29 is 0 Å². The Labute approximate surface area is 138 Å². The molecule has 2 nitrogen and oxygen atoms in total. The molecule has 1 aromatic carbocycles. The minimum atomic E-state index is 0.703. The van der Waals surface area contributed by atoms with Gasteiger partial charge in [0, 0.05) is 16.4 Å². The van der Waals surface area contributed by atoms with Crippen molar-refractivity contribution in [1.82, 2.24) is 9.88 Å². The molecule has 0 atom stereocenters. The molecule has 2 fully saturated rings. The van der Waals surface area contributed by atoms with Gasteiger partial charge in [0.1, 0.15) is 0 Å². The molecule has 21 heavy (non-hydrogen) atoms. The third-order valence-corrected chi connectivity index (χ3v) is 6.66. The highest BCUT2D eigenvalue weighted by atomic mass is 79.9. The smallest absolute Gasteiger partial charge is 0.0970 e. The summed E-state index contributed by atoms with van der Waals surface area (Å²) in [5.74, 6) is 0.703. The fraction of sp³-hybridized carbons (Fsp3) is 0.588. The monoisotopic (exact) mass is 364 g/mol. The molecule has 0 spiro atoms. The second-order valence-electron chi connectivity index (χ2n) is 6.44. The van der Waals surface area contributed by atoms with Gasteiger partial charge in [0.15, 0.2) is 0 Å². The van der Waals surface area contributed by atoms with E-state index in [1.165, 1.54) is 61.3 Å². The Morgan fingerprint density at radius 2 is 1.86 bits per heavy atom. The lowest BCUT2D eigenvalue weighted by Gasteiger charge is -2.42. The summed E-state index contributed by atoms with van der Waals surface area (Å²) in [7, 11) is 0. The van der Waals surface area contributed by atoms with Crippen LogP contribution in [0.25, 0.3) is 10.2 Å². The molecule has 0 unspecified atom stereocenters. The quantitative estimate of drug-likeness (QED) is 0.729. The number of fused-ring (bicyclic) bond motifs is 1. The van der Waals surface area contributed by atoms with Crippen LogP contribution in [0, 0.1) is 0 Å². The lowest BCUT2D eigenvalue weighted by molar-refractivity contribution is 0.113. The number of hydrogen-bond donors (Lipinski definition) is 0. The van der Waals surface area contributed by atoms with Crippen LogP contribution in [0.1, 0.15) is 49.5 Å². The van der Waals surface area contributed by atoms with Gasteiger partial charge in [-0.25, -0.2) is 4.98 Å². The average molecular weight is 365 g/mol. The van der Waals surface area contributed by atoms with Gasteiger partial charge >= 0.3 is 0 Å². The third kappa shape index (κ3) is 2.90. The molecule has 0 N–H and O–H groups in total. The summed E-state index contributed by atoms with van der Waals surface area (Å²) in [5, 5.41) is 1.36. The second-order valence-corrected chi connectivity index (χ2v) is 8.41. The third-order valence-electron chi connectivity index (χ3n) is 4.99. The molecule has 2 aromatic rings. The van der Waals surface area contributed by atoms with Crippen LogP contribution in [0.15, 0.2) is 22.7 Å². The van der Waals surface area contributed by atoms with Crippen LogP contribution in [0.3, 0.4) is 0 Å². The Morgan fingerprint density at radius 3 is 2.62 bits per heavy atom. The van der Waals surface area contributed by atoms with Gasteiger partial charge in [0.2, 0.25) is 0 Å². The zero-order valence-electron chi connectivity index (χ0n) is 12.2. The van der Waals surface area contributed by atoms with Crippen LogP contribution < -0.4 is 0 Å². The van der Waals surface area contributed by atoms with Crippen molar-refractivity contribution in [1.29, 1.82) is 0 Å². The van der Waals surface area contributed by atoms with Crippen molar-refractivity contribution in [2.75, 3.05) is 13.1 Å². The maximum atomic E-state index is 4.85. The number of rotatable bonds is 2. The molecule has 0 amide bonds. The van der Waals surface area contributed by atoms with Crippen molar-refractivity contribution in [3.8, 4) is 0 Å². The number of nitrogens with zero attached hydrogens (tertiary/aromatic N) is 2. The minimum absolute atomic E-state index is 0.703. The normalized spacial score (nSPS) is 27.5. The first-order chi connectivity index (χ1) is 10.3. The standard InChI is InChI=1S/C17H21BrN2S/c18-13-5-6-15-16(11-13)21-17(19-15)12-9-14(10-12)20-7-3-1-2-4-8-20/h5-6,11-12,14H,1-4,7-10H2/t12-,14-. The molecule has 2 aliphatic rings. The molecule has 2 heterocycles. The topological polar surface area (TPSA) is 16.1 Å². The first kappa shape index (κ1) is 14.2. The van der Waals surface area contributed by atoms with Crippen molar-refractivity contribution >= 4 is 37.5 Å². The van der Waals surface area contributed by atoms with Gasteiger partial charge in [-0.1, -0.05) is 28.8 Å². The number of aromatic nitrogens is 1. The molecule has 112 valence electrons. The summed E-state index contributed by atoms with van der Waals surface area (Å²) in [5.41, 5.74) is 1.16. The number of thiazole rings is 1. The predicted octanol–water partition coefficient (Wildman–Crippen LogP) is 5.18. The van der Waals surface area contributed by atoms with Crippen molar-refractivity contribution in [2.45, 2.75) is 50.5 Å². The van der Waals surface area contributed by atoms with E-state index in [0.717, 1.165) is 16.0 Å². The maximum absolute atomic E-state index is 4.85. The molecule has 4 rings (SSSR count). The zero-order valence-corrected chi connectivity index (χ0v) is 14.6. The second kappa shape index (κ2) is 5.98. The Hall–Kier alpha value is -0.450. The molecular weight excluding hydrogens is 344 g/mol. The number of halogens is 1. The number of hydrogen-bond acceptors (Lipinski definition) is 3. The fourth-order valence-electron chi connectivity index (χ4n) is 3.64.